The highest BCUT2D eigenvalue weighted by Crippen LogP contribution is 2.47. The van der Waals surface area contributed by atoms with E-state index in [-0.39, 0.29) is 5.41 Å². The fraction of sp³-hybridized carbons (Fsp3) is 0.452. The van der Waals surface area contributed by atoms with Gasteiger partial charge in [0.15, 0.2) is 11.0 Å². The Balaban J connectivity index is 1.73. The molecule has 0 bridgehead atoms. The molecule has 0 amide bonds. The summed E-state index contributed by atoms with van der Waals surface area (Å²) in [7, 11) is 6.81. The van der Waals surface area contributed by atoms with Crippen LogP contribution in [0.4, 0.5) is 5.69 Å². The first-order valence-corrected chi connectivity index (χ1v) is 13.6. The van der Waals surface area contributed by atoms with E-state index in [2.05, 4.69) is 118 Å². The molecule has 4 rings (SSSR count). The third-order valence-corrected chi connectivity index (χ3v) is 8.31. The minimum atomic E-state index is -0.0366. The van der Waals surface area contributed by atoms with E-state index in [1.165, 1.54) is 39.4 Å². The van der Waals surface area contributed by atoms with Gasteiger partial charge in [0, 0.05) is 47.4 Å². The number of quaternary nitrogens is 1. The molecule has 1 aliphatic rings. The lowest BCUT2D eigenvalue weighted by molar-refractivity contribution is -0.890. The Bertz CT molecular complexity index is 1330. The van der Waals surface area contributed by atoms with Crippen LogP contribution >= 0.6 is 11.6 Å². The van der Waals surface area contributed by atoms with Crippen molar-refractivity contribution in [1.29, 1.82) is 0 Å². The maximum Gasteiger partial charge on any atom is 0.282 e. The number of benzene rings is 2. The highest BCUT2D eigenvalue weighted by molar-refractivity contribution is 6.31. The van der Waals surface area contributed by atoms with Crippen molar-refractivity contribution in [3.63, 3.8) is 0 Å². The summed E-state index contributed by atoms with van der Waals surface area (Å²) in [5, 5.41) is 0.783. The quantitative estimate of drug-likeness (QED) is 0.244. The van der Waals surface area contributed by atoms with Gasteiger partial charge >= 0.3 is 0 Å². The van der Waals surface area contributed by atoms with E-state index in [1.807, 2.05) is 6.07 Å². The molecule has 192 valence electrons. The van der Waals surface area contributed by atoms with Gasteiger partial charge in [-0.15, -0.1) is 0 Å². The molecule has 0 spiro atoms. The molecule has 0 radical (unpaired) electrons. The van der Waals surface area contributed by atoms with Gasteiger partial charge in [0.05, 0.1) is 40.3 Å². The largest absolute Gasteiger partial charge is 0.347 e. The van der Waals surface area contributed by atoms with E-state index in [0.29, 0.717) is 0 Å². The summed E-state index contributed by atoms with van der Waals surface area (Å²) in [4.78, 5) is 2.34. The molecule has 0 aliphatic carbocycles. The summed E-state index contributed by atoms with van der Waals surface area (Å²) in [6.07, 6.45) is 7.93. The number of fused-ring (bicyclic) bond motifs is 2. The van der Waals surface area contributed by atoms with Gasteiger partial charge in [-0.2, -0.15) is 0 Å². The molecule has 4 nitrogen and oxygen atoms in total. The Morgan fingerprint density at radius 2 is 1.83 bits per heavy atom. The molecule has 0 unspecified atom stereocenters. The molecule has 0 saturated heterocycles. The number of likely N-dealkylation sites (N-methyl/N-ethyl adjacent to an activating group) is 1. The van der Waals surface area contributed by atoms with Gasteiger partial charge in [-0.1, -0.05) is 49.2 Å². The number of hydrogen-bond donors (Lipinski definition) is 0. The van der Waals surface area contributed by atoms with E-state index in [4.69, 9.17) is 11.6 Å². The zero-order valence-corrected chi connectivity index (χ0v) is 24.2. The highest BCUT2D eigenvalue weighted by atomic mass is 35.5. The normalized spacial score (nSPS) is 16.6. The van der Waals surface area contributed by atoms with Gasteiger partial charge < -0.3 is 9.38 Å². The second-order valence-corrected chi connectivity index (χ2v) is 11.8. The number of nitrogens with zero attached hydrogens (tertiary/aromatic N) is 4. The minimum Gasteiger partial charge on any atom is -0.347 e. The van der Waals surface area contributed by atoms with Gasteiger partial charge in [0.25, 0.3) is 5.82 Å². The van der Waals surface area contributed by atoms with Crippen LogP contribution in [0.1, 0.15) is 51.1 Å². The van der Waals surface area contributed by atoms with E-state index >= 15 is 0 Å². The van der Waals surface area contributed by atoms with Crippen LogP contribution in [-0.2, 0) is 18.5 Å². The first-order chi connectivity index (χ1) is 17.0. The van der Waals surface area contributed by atoms with Gasteiger partial charge in [0.1, 0.15) is 0 Å². The molecular formula is C31H43ClN4+2. The molecule has 0 saturated carbocycles. The average molecular weight is 507 g/mol. The van der Waals surface area contributed by atoms with Crippen LogP contribution in [0.3, 0.4) is 0 Å². The van der Waals surface area contributed by atoms with Gasteiger partial charge in [-0.05, 0) is 50.6 Å². The van der Waals surface area contributed by atoms with Crippen molar-refractivity contribution in [3.05, 3.63) is 76.2 Å². The molecule has 0 fully saturated rings. The SMILES string of the molecule is CCn1c(C=CC=C2N(C)c3ccc(C)cc3C2(C)C)[n+](CCC[N+](C)(C)CC)c2ccc(Cl)cc21. The van der Waals surface area contributed by atoms with Crippen molar-refractivity contribution >= 4 is 34.4 Å². The third kappa shape index (κ3) is 4.86. The highest BCUT2D eigenvalue weighted by Gasteiger charge is 2.38. The van der Waals surface area contributed by atoms with Gasteiger partial charge in [-0.25, -0.2) is 9.13 Å². The molecule has 2 aromatic carbocycles. The van der Waals surface area contributed by atoms with Gasteiger partial charge in [0.2, 0.25) is 0 Å². The van der Waals surface area contributed by atoms with Crippen LogP contribution in [0, 0.1) is 6.92 Å². The van der Waals surface area contributed by atoms with E-state index in [9.17, 15) is 0 Å². The molecule has 1 aromatic heterocycles. The zero-order chi connectivity index (χ0) is 26.3. The standard InChI is InChI=1S/C31H43ClN4/c1-9-34-28-22-24(32)16-18-27(28)35(19-12-20-36(7,8)10-2)30(34)14-11-13-29-31(4,5)25-21-23(3)15-17-26(25)33(29)6/h11,13-18,21-22H,9-10,12,19-20H2,1-8H3/q+2. The fourth-order valence-corrected chi connectivity index (χ4v) is 5.74. The molecule has 1 aliphatic heterocycles. The number of halogens is 1. The maximum atomic E-state index is 6.43. The Hall–Kier alpha value is -2.56. The summed E-state index contributed by atoms with van der Waals surface area (Å²) in [5.74, 6) is 1.22. The van der Waals surface area contributed by atoms with Crippen LogP contribution in [-0.4, -0.2) is 43.3 Å². The van der Waals surface area contributed by atoms with Crippen molar-refractivity contribution in [3.8, 4) is 0 Å². The van der Waals surface area contributed by atoms with Crippen molar-refractivity contribution in [2.45, 2.75) is 59.5 Å². The molecule has 0 atom stereocenters. The first-order valence-electron chi connectivity index (χ1n) is 13.3. The Kier molecular flexibility index (Phi) is 7.41. The Morgan fingerprint density at radius 3 is 2.53 bits per heavy atom. The van der Waals surface area contributed by atoms with Crippen molar-refractivity contribution in [2.75, 3.05) is 39.1 Å². The zero-order valence-electron chi connectivity index (χ0n) is 23.4. The van der Waals surface area contributed by atoms with Crippen molar-refractivity contribution in [2.24, 2.45) is 0 Å². The summed E-state index contributed by atoms with van der Waals surface area (Å²) in [5.41, 5.74) is 7.73. The smallest absolute Gasteiger partial charge is 0.282 e. The molecule has 3 aromatic rings. The number of anilines is 1. The predicted octanol–water partition coefficient (Wildman–Crippen LogP) is 6.72. The Morgan fingerprint density at radius 1 is 1.08 bits per heavy atom. The van der Waals surface area contributed by atoms with E-state index in [1.54, 1.807) is 0 Å². The van der Waals surface area contributed by atoms with Crippen LogP contribution in [0.2, 0.25) is 5.02 Å². The van der Waals surface area contributed by atoms with E-state index < -0.39 is 0 Å². The fourth-order valence-electron chi connectivity index (χ4n) is 5.57. The van der Waals surface area contributed by atoms with Crippen LogP contribution in [0.5, 0.6) is 0 Å². The minimum absolute atomic E-state index is 0.0366. The average Bonchev–Trinajstić information content (AvgIpc) is 3.21. The molecule has 2 heterocycles. The lowest BCUT2D eigenvalue weighted by Gasteiger charge is -2.27. The van der Waals surface area contributed by atoms with Crippen LogP contribution in [0.25, 0.3) is 17.1 Å². The first kappa shape index (κ1) is 26.5. The second kappa shape index (κ2) is 10.1. The second-order valence-electron chi connectivity index (χ2n) is 11.3. The van der Waals surface area contributed by atoms with Gasteiger partial charge in [-0.3, -0.25) is 0 Å². The summed E-state index contributed by atoms with van der Waals surface area (Å²) >= 11 is 6.43. The van der Waals surface area contributed by atoms with Crippen molar-refractivity contribution in [1.82, 2.24) is 4.57 Å². The number of aromatic nitrogens is 2. The molecule has 0 N–H and O–H groups in total. The number of allylic oxidation sites excluding steroid dienone is 3. The lowest BCUT2D eigenvalue weighted by atomic mass is 9.83. The van der Waals surface area contributed by atoms with Crippen LogP contribution in [0.15, 0.2) is 54.2 Å². The number of imidazole rings is 1. The third-order valence-electron chi connectivity index (χ3n) is 8.08. The number of aryl methyl sites for hydroxylation is 3. The summed E-state index contributed by atoms with van der Waals surface area (Å²) in [6.45, 7) is 15.5. The topological polar surface area (TPSA) is 12.1 Å². The maximum absolute atomic E-state index is 6.43. The predicted molar refractivity (Wildman–Crippen MR) is 155 cm³/mol. The van der Waals surface area contributed by atoms with Crippen LogP contribution < -0.4 is 9.47 Å². The molecule has 5 heteroatoms. The molecule has 36 heavy (non-hydrogen) atoms. The number of hydrogen-bond acceptors (Lipinski definition) is 1. The van der Waals surface area contributed by atoms with Crippen molar-refractivity contribution < 1.29 is 9.05 Å². The lowest BCUT2D eigenvalue weighted by Crippen LogP contribution is -2.43. The summed E-state index contributed by atoms with van der Waals surface area (Å²) < 4.78 is 5.90. The van der Waals surface area contributed by atoms with E-state index in [0.717, 1.165) is 42.1 Å². The summed E-state index contributed by atoms with van der Waals surface area (Å²) in [6, 6.07) is 13.1. The molecular weight excluding hydrogens is 464 g/mol. The Labute approximate surface area is 222 Å². The monoisotopic (exact) mass is 506 g/mol. The number of rotatable bonds is 8.